The summed E-state index contributed by atoms with van der Waals surface area (Å²) >= 11 is 0. The van der Waals surface area contributed by atoms with Crippen molar-refractivity contribution in [1.29, 1.82) is 0 Å². The predicted octanol–water partition coefficient (Wildman–Crippen LogP) is 1.90. The van der Waals surface area contributed by atoms with Crippen LogP contribution in [0.3, 0.4) is 0 Å². The Balaban J connectivity index is 2.97. The molecule has 1 N–H and O–H groups in total. The summed E-state index contributed by atoms with van der Waals surface area (Å²) < 4.78 is 5.13. The van der Waals surface area contributed by atoms with Crippen LogP contribution in [-0.4, -0.2) is 30.2 Å². The monoisotopic (exact) mass is 251 g/mol. The molecule has 0 aliphatic rings. The first-order valence-corrected chi connectivity index (χ1v) is 6.83. The third kappa shape index (κ3) is 4.03. The summed E-state index contributed by atoms with van der Waals surface area (Å²) in [4.78, 5) is 9.21. The highest BCUT2D eigenvalue weighted by molar-refractivity contribution is 5.27. The zero-order valence-corrected chi connectivity index (χ0v) is 12.0. The van der Waals surface area contributed by atoms with Gasteiger partial charge in [-0.2, -0.15) is 0 Å². The highest BCUT2D eigenvalue weighted by atomic mass is 16.5. The van der Waals surface area contributed by atoms with Gasteiger partial charge in [-0.1, -0.05) is 20.8 Å². The number of hydrogen-bond donors (Lipinski definition) is 1. The third-order valence-electron chi connectivity index (χ3n) is 2.97. The smallest absolute Gasteiger partial charge is 0.154 e. The van der Waals surface area contributed by atoms with E-state index in [2.05, 4.69) is 36.1 Å². The average Bonchev–Trinajstić information content (AvgIpc) is 2.40. The second-order valence-corrected chi connectivity index (χ2v) is 4.26. The molecule has 1 aromatic heterocycles. The Morgan fingerprint density at radius 3 is 2.11 bits per heavy atom. The van der Waals surface area contributed by atoms with Crippen LogP contribution >= 0.6 is 0 Å². The molecule has 1 heterocycles. The van der Waals surface area contributed by atoms with Crippen LogP contribution in [0.4, 0.5) is 0 Å². The molecule has 102 valence electrons. The molecule has 1 aromatic rings. The number of ether oxygens (including phenoxy) is 1. The van der Waals surface area contributed by atoms with Gasteiger partial charge in [0.2, 0.25) is 0 Å². The van der Waals surface area contributed by atoms with E-state index in [-0.39, 0.29) is 0 Å². The number of hydrogen-bond acceptors (Lipinski definition) is 4. The Labute approximate surface area is 110 Å². The van der Waals surface area contributed by atoms with Gasteiger partial charge in [-0.05, 0) is 37.9 Å². The lowest BCUT2D eigenvalue weighted by Crippen LogP contribution is -2.19. The van der Waals surface area contributed by atoms with Crippen molar-refractivity contribution in [2.24, 2.45) is 0 Å². The van der Waals surface area contributed by atoms with Crippen LogP contribution in [-0.2, 0) is 30.6 Å². The molecule has 0 aliphatic heterocycles. The minimum absolute atomic E-state index is 0.494. The summed E-state index contributed by atoms with van der Waals surface area (Å²) in [7, 11) is 1.68. The van der Waals surface area contributed by atoms with Gasteiger partial charge < -0.3 is 10.1 Å². The van der Waals surface area contributed by atoms with Gasteiger partial charge in [0.25, 0.3) is 0 Å². The molecule has 0 unspecified atom stereocenters. The van der Waals surface area contributed by atoms with E-state index >= 15 is 0 Å². The van der Waals surface area contributed by atoms with E-state index in [0.717, 1.165) is 38.2 Å². The third-order valence-corrected chi connectivity index (χ3v) is 2.97. The molecule has 0 bridgehead atoms. The zero-order chi connectivity index (χ0) is 13.4. The molecule has 0 aromatic carbocycles. The molecular weight excluding hydrogens is 226 g/mol. The van der Waals surface area contributed by atoms with E-state index in [1.807, 2.05) is 0 Å². The average molecular weight is 251 g/mol. The second kappa shape index (κ2) is 8.16. The first-order chi connectivity index (χ1) is 8.76. The molecule has 0 amide bonds. The van der Waals surface area contributed by atoms with Gasteiger partial charge in [0.15, 0.2) is 5.82 Å². The Morgan fingerprint density at radius 1 is 1.06 bits per heavy atom. The van der Waals surface area contributed by atoms with E-state index in [1.54, 1.807) is 7.11 Å². The van der Waals surface area contributed by atoms with Crippen molar-refractivity contribution in [2.45, 2.75) is 46.6 Å². The molecule has 4 heteroatoms. The van der Waals surface area contributed by atoms with Gasteiger partial charge in [-0.25, -0.2) is 9.97 Å². The van der Waals surface area contributed by atoms with Crippen LogP contribution in [0.2, 0.25) is 0 Å². The van der Waals surface area contributed by atoms with E-state index < -0.39 is 0 Å². The summed E-state index contributed by atoms with van der Waals surface area (Å²) in [6.07, 6.45) is 2.91. The quantitative estimate of drug-likeness (QED) is 0.717. The van der Waals surface area contributed by atoms with Gasteiger partial charge in [-0.15, -0.1) is 0 Å². The Morgan fingerprint density at radius 2 is 1.67 bits per heavy atom. The number of aromatic nitrogens is 2. The maximum Gasteiger partial charge on any atom is 0.154 e. The molecule has 4 nitrogen and oxygen atoms in total. The van der Waals surface area contributed by atoms with Gasteiger partial charge in [0.1, 0.15) is 6.61 Å². The van der Waals surface area contributed by atoms with E-state index in [1.165, 1.54) is 17.0 Å². The molecule has 0 atom stereocenters. The Kier molecular flexibility index (Phi) is 6.83. The van der Waals surface area contributed by atoms with Crippen LogP contribution in [0.1, 0.15) is 43.5 Å². The maximum absolute atomic E-state index is 5.13. The van der Waals surface area contributed by atoms with Crippen LogP contribution < -0.4 is 5.32 Å². The molecule has 18 heavy (non-hydrogen) atoms. The number of nitrogens with one attached hydrogen (secondary N) is 1. The van der Waals surface area contributed by atoms with Crippen molar-refractivity contribution in [1.82, 2.24) is 15.3 Å². The van der Waals surface area contributed by atoms with Gasteiger partial charge in [-0.3, -0.25) is 0 Å². The molecule has 0 radical (unpaired) electrons. The summed E-state index contributed by atoms with van der Waals surface area (Å²) in [5.41, 5.74) is 3.67. The van der Waals surface area contributed by atoms with Crippen molar-refractivity contribution in [2.75, 3.05) is 20.2 Å². The number of nitrogens with zero attached hydrogens (tertiary/aromatic N) is 2. The van der Waals surface area contributed by atoms with E-state index in [4.69, 9.17) is 4.74 Å². The highest BCUT2D eigenvalue weighted by Crippen LogP contribution is 2.14. The summed E-state index contributed by atoms with van der Waals surface area (Å²) in [5, 5.41) is 3.36. The minimum Gasteiger partial charge on any atom is -0.377 e. The van der Waals surface area contributed by atoms with Gasteiger partial charge in [0, 0.05) is 18.5 Å². The number of likely N-dealkylation sites (N-methyl/N-ethyl adjacent to an activating group) is 1. The first-order valence-electron chi connectivity index (χ1n) is 6.83. The normalized spacial score (nSPS) is 10.9. The highest BCUT2D eigenvalue weighted by Gasteiger charge is 2.11. The van der Waals surface area contributed by atoms with Crippen molar-refractivity contribution >= 4 is 0 Å². The second-order valence-electron chi connectivity index (χ2n) is 4.26. The van der Waals surface area contributed by atoms with Crippen molar-refractivity contribution in [3.63, 3.8) is 0 Å². The lowest BCUT2D eigenvalue weighted by molar-refractivity contribution is 0.177. The number of methoxy groups -OCH3 is 1. The minimum atomic E-state index is 0.494. The largest absolute Gasteiger partial charge is 0.377 e. The topological polar surface area (TPSA) is 47.0 Å². The molecule has 0 fully saturated rings. The lowest BCUT2D eigenvalue weighted by Gasteiger charge is -2.13. The Hall–Kier alpha value is -1.00. The molecule has 0 spiro atoms. The van der Waals surface area contributed by atoms with Crippen molar-refractivity contribution in [3.8, 4) is 0 Å². The lowest BCUT2D eigenvalue weighted by atomic mass is 10.0. The molecular formula is C14H25N3O. The predicted molar refractivity (Wildman–Crippen MR) is 73.7 cm³/mol. The van der Waals surface area contributed by atoms with Crippen molar-refractivity contribution < 1.29 is 4.74 Å². The standard InChI is InChI=1S/C14H25N3O/c1-5-12-11(8-9-15-7-3)13(6-2)17-14(16-12)10-18-4/h15H,5-10H2,1-4H3. The summed E-state index contributed by atoms with van der Waals surface area (Å²) in [6, 6.07) is 0. The van der Waals surface area contributed by atoms with Crippen molar-refractivity contribution in [3.05, 3.63) is 22.8 Å². The maximum atomic E-state index is 5.13. The Bertz CT molecular complexity index is 341. The fourth-order valence-corrected chi connectivity index (χ4v) is 2.10. The van der Waals surface area contributed by atoms with Gasteiger partial charge >= 0.3 is 0 Å². The fraction of sp³-hybridized carbons (Fsp3) is 0.714. The first kappa shape index (κ1) is 15.1. The van der Waals surface area contributed by atoms with Crippen LogP contribution in [0.15, 0.2) is 0 Å². The van der Waals surface area contributed by atoms with Crippen LogP contribution in [0, 0.1) is 0 Å². The summed E-state index contributed by atoms with van der Waals surface area (Å²) in [6.45, 7) is 8.91. The van der Waals surface area contributed by atoms with E-state index in [9.17, 15) is 0 Å². The number of rotatable bonds is 8. The molecule has 0 saturated heterocycles. The zero-order valence-electron chi connectivity index (χ0n) is 12.0. The van der Waals surface area contributed by atoms with Crippen LogP contribution in [0.5, 0.6) is 0 Å². The molecule has 0 aliphatic carbocycles. The molecule has 0 saturated carbocycles. The van der Waals surface area contributed by atoms with Gasteiger partial charge in [0.05, 0.1) is 0 Å². The van der Waals surface area contributed by atoms with E-state index in [0.29, 0.717) is 6.61 Å². The van der Waals surface area contributed by atoms with Crippen LogP contribution in [0.25, 0.3) is 0 Å². The summed E-state index contributed by atoms with van der Waals surface area (Å²) in [5.74, 6) is 0.804. The molecule has 1 rings (SSSR count). The SMILES string of the molecule is CCNCCc1c(CC)nc(COC)nc1CC. The fourth-order valence-electron chi connectivity index (χ4n) is 2.10. The number of aryl methyl sites for hydroxylation is 2.